The molecule has 0 aliphatic heterocycles. The molecule has 20 heavy (non-hydrogen) atoms. The van der Waals surface area contributed by atoms with Crippen molar-refractivity contribution in [1.82, 2.24) is 5.32 Å². The molecule has 0 saturated carbocycles. The maximum absolute atomic E-state index is 11.2. The van der Waals surface area contributed by atoms with Crippen LogP contribution in [0.5, 0.6) is 0 Å². The Hall–Kier alpha value is -1.80. The van der Waals surface area contributed by atoms with Crippen molar-refractivity contribution in [1.29, 1.82) is 0 Å². The van der Waals surface area contributed by atoms with Gasteiger partial charge in [-0.3, -0.25) is 10.1 Å². The summed E-state index contributed by atoms with van der Waals surface area (Å²) >= 11 is 6.52. The second-order valence-electron chi connectivity index (χ2n) is 3.66. The predicted octanol–water partition coefficient (Wildman–Crippen LogP) is 2.42. The Morgan fingerprint density at radius 3 is 2.50 bits per heavy atom. The molecule has 0 spiro atoms. The highest BCUT2D eigenvalue weighted by atomic mass is 32.2. The highest BCUT2D eigenvalue weighted by molar-refractivity contribution is 7.98. The van der Waals surface area contributed by atoms with E-state index in [9.17, 15) is 9.59 Å². The summed E-state index contributed by atoms with van der Waals surface area (Å²) in [5.41, 5.74) is 1.16. The van der Waals surface area contributed by atoms with Crippen molar-refractivity contribution in [2.75, 3.05) is 24.0 Å². The van der Waals surface area contributed by atoms with Crippen LogP contribution in [0.3, 0.4) is 0 Å². The number of anilines is 2. The smallest absolute Gasteiger partial charge is 0.413 e. The summed E-state index contributed by atoms with van der Waals surface area (Å²) in [6.45, 7) is 1.42. The Morgan fingerprint density at radius 1 is 1.25 bits per heavy atom. The second kappa shape index (κ2) is 7.71. The maximum Gasteiger partial charge on any atom is 0.413 e. The van der Waals surface area contributed by atoms with Gasteiger partial charge in [0.05, 0.1) is 18.5 Å². The topological polar surface area (TPSA) is 79.5 Å². The number of methoxy groups -OCH3 is 1. The molecule has 6 nitrogen and oxygen atoms in total. The number of carbonyl (C=O) groups excluding carboxylic acids is 2. The third-order valence-corrected chi connectivity index (χ3v) is 3.12. The third kappa shape index (κ3) is 5.06. The van der Waals surface area contributed by atoms with Gasteiger partial charge >= 0.3 is 6.09 Å². The molecular formula is C12H15N3O3S2. The first kappa shape index (κ1) is 16.3. The van der Waals surface area contributed by atoms with Crippen molar-refractivity contribution in [3.63, 3.8) is 0 Å². The lowest BCUT2D eigenvalue weighted by Crippen LogP contribution is -2.34. The summed E-state index contributed by atoms with van der Waals surface area (Å²) in [5, 5.41) is 7.94. The molecule has 0 aromatic heterocycles. The maximum atomic E-state index is 11.2. The fourth-order valence-electron chi connectivity index (χ4n) is 1.35. The number of carbonyl (C=O) groups is 2. The van der Waals surface area contributed by atoms with Gasteiger partial charge in [0.1, 0.15) is 0 Å². The van der Waals surface area contributed by atoms with Crippen molar-refractivity contribution in [3.05, 3.63) is 18.2 Å². The van der Waals surface area contributed by atoms with E-state index in [2.05, 4.69) is 20.7 Å². The number of ether oxygens (including phenoxy) is 1. The van der Waals surface area contributed by atoms with Crippen LogP contribution in [0.25, 0.3) is 0 Å². The lowest BCUT2D eigenvalue weighted by atomic mass is 10.2. The first-order valence-corrected chi connectivity index (χ1v) is 7.21. The van der Waals surface area contributed by atoms with Crippen molar-refractivity contribution in [2.24, 2.45) is 0 Å². The molecule has 1 rings (SSSR count). The van der Waals surface area contributed by atoms with Gasteiger partial charge in [-0.05, 0) is 36.7 Å². The molecule has 1 aromatic carbocycles. The third-order valence-electron chi connectivity index (χ3n) is 2.19. The fourth-order valence-corrected chi connectivity index (χ4v) is 1.98. The lowest BCUT2D eigenvalue weighted by molar-refractivity contribution is -0.114. The van der Waals surface area contributed by atoms with Crippen LogP contribution in [-0.4, -0.2) is 30.5 Å². The highest BCUT2D eigenvalue weighted by Crippen LogP contribution is 2.27. The van der Waals surface area contributed by atoms with E-state index in [1.54, 1.807) is 17.8 Å². The van der Waals surface area contributed by atoms with E-state index in [0.29, 0.717) is 11.4 Å². The number of thiocarbonyl (C=S) groups is 1. The van der Waals surface area contributed by atoms with Gasteiger partial charge in [0, 0.05) is 11.8 Å². The Labute approximate surface area is 126 Å². The molecule has 0 bridgehead atoms. The van der Waals surface area contributed by atoms with E-state index in [-0.39, 0.29) is 11.0 Å². The molecule has 0 saturated heterocycles. The van der Waals surface area contributed by atoms with Gasteiger partial charge in [0.15, 0.2) is 5.11 Å². The molecule has 3 N–H and O–H groups in total. The number of hydrogen-bond donors (Lipinski definition) is 3. The zero-order valence-electron chi connectivity index (χ0n) is 11.3. The van der Waals surface area contributed by atoms with Crippen molar-refractivity contribution in [2.45, 2.75) is 11.8 Å². The number of thioether (sulfide) groups is 1. The quantitative estimate of drug-likeness (QED) is 0.587. The van der Waals surface area contributed by atoms with Crippen LogP contribution in [0.1, 0.15) is 6.92 Å². The SMILES string of the molecule is COC(=O)NC(=S)Nc1ccc(SC)cc1NC(C)=O. The van der Waals surface area contributed by atoms with Gasteiger partial charge in [0.25, 0.3) is 0 Å². The van der Waals surface area contributed by atoms with Crippen molar-refractivity contribution in [3.8, 4) is 0 Å². The largest absolute Gasteiger partial charge is 0.453 e. The molecule has 1 aromatic rings. The number of alkyl carbamates (subject to hydrolysis) is 1. The molecule has 0 heterocycles. The number of amides is 2. The molecule has 0 aliphatic carbocycles. The van der Waals surface area contributed by atoms with Crippen LogP contribution in [0.2, 0.25) is 0 Å². The van der Waals surface area contributed by atoms with E-state index in [1.807, 2.05) is 18.4 Å². The van der Waals surface area contributed by atoms with Crippen LogP contribution in [0.4, 0.5) is 16.2 Å². The zero-order valence-corrected chi connectivity index (χ0v) is 12.9. The van der Waals surface area contributed by atoms with Gasteiger partial charge in [-0.15, -0.1) is 11.8 Å². The first-order chi connectivity index (χ1) is 9.46. The van der Waals surface area contributed by atoms with E-state index in [4.69, 9.17) is 12.2 Å². The summed E-state index contributed by atoms with van der Waals surface area (Å²) in [7, 11) is 1.24. The first-order valence-electron chi connectivity index (χ1n) is 5.58. The molecule has 0 fully saturated rings. The summed E-state index contributed by atoms with van der Waals surface area (Å²) in [5.74, 6) is -0.196. The van der Waals surface area contributed by atoms with E-state index in [0.717, 1.165) is 4.90 Å². The van der Waals surface area contributed by atoms with Crippen LogP contribution < -0.4 is 16.0 Å². The van der Waals surface area contributed by atoms with Crippen LogP contribution in [-0.2, 0) is 9.53 Å². The number of benzene rings is 1. The fraction of sp³-hybridized carbons (Fsp3) is 0.250. The van der Waals surface area contributed by atoms with Gasteiger partial charge in [-0.25, -0.2) is 4.79 Å². The minimum atomic E-state index is -0.663. The Kier molecular flexibility index (Phi) is 6.26. The standard InChI is InChI=1S/C12H15N3O3S2/c1-7(16)13-10-6-8(20-3)4-5-9(10)14-11(19)15-12(17)18-2/h4-6H,1-3H3,(H,13,16)(H2,14,15,17,19). The van der Waals surface area contributed by atoms with Crippen molar-refractivity contribution < 1.29 is 14.3 Å². The zero-order chi connectivity index (χ0) is 15.1. The Balaban J connectivity index is 2.90. The van der Waals surface area contributed by atoms with Gasteiger partial charge in [-0.2, -0.15) is 0 Å². The highest BCUT2D eigenvalue weighted by Gasteiger charge is 2.09. The van der Waals surface area contributed by atoms with Crippen LogP contribution in [0, 0.1) is 0 Å². The number of hydrogen-bond acceptors (Lipinski definition) is 5. The number of rotatable bonds is 3. The molecule has 2 amide bonds. The summed E-state index contributed by atoms with van der Waals surface area (Å²) in [6, 6.07) is 5.45. The minimum Gasteiger partial charge on any atom is -0.453 e. The monoisotopic (exact) mass is 313 g/mol. The van der Waals surface area contributed by atoms with Gasteiger partial charge < -0.3 is 15.4 Å². The lowest BCUT2D eigenvalue weighted by Gasteiger charge is -2.14. The van der Waals surface area contributed by atoms with Crippen LogP contribution in [0.15, 0.2) is 23.1 Å². The number of nitrogens with one attached hydrogen (secondary N) is 3. The van der Waals surface area contributed by atoms with E-state index >= 15 is 0 Å². The average molecular weight is 313 g/mol. The van der Waals surface area contributed by atoms with Crippen LogP contribution >= 0.6 is 24.0 Å². The molecular weight excluding hydrogens is 298 g/mol. The molecule has 8 heteroatoms. The summed E-state index contributed by atoms with van der Waals surface area (Å²) in [6.07, 6.45) is 1.27. The van der Waals surface area contributed by atoms with Crippen molar-refractivity contribution >= 4 is 52.5 Å². The molecule has 108 valence electrons. The van der Waals surface area contributed by atoms with Gasteiger partial charge in [-0.1, -0.05) is 0 Å². The molecule has 0 atom stereocenters. The normalized spacial score (nSPS) is 9.55. The molecule has 0 aliphatic rings. The summed E-state index contributed by atoms with van der Waals surface area (Å²) in [4.78, 5) is 23.2. The average Bonchev–Trinajstić information content (AvgIpc) is 2.39. The molecule has 0 unspecified atom stereocenters. The summed E-state index contributed by atoms with van der Waals surface area (Å²) < 4.78 is 4.44. The Morgan fingerprint density at radius 2 is 1.95 bits per heavy atom. The Bertz CT molecular complexity index is 535. The van der Waals surface area contributed by atoms with E-state index < -0.39 is 6.09 Å². The predicted molar refractivity (Wildman–Crippen MR) is 84.3 cm³/mol. The van der Waals surface area contributed by atoms with E-state index in [1.165, 1.54) is 14.0 Å². The van der Waals surface area contributed by atoms with Gasteiger partial charge in [0.2, 0.25) is 5.91 Å². The molecule has 0 radical (unpaired) electrons. The minimum absolute atomic E-state index is 0.0837. The second-order valence-corrected chi connectivity index (χ2v) is 4.95.